The molecule has 2 fully saturated rings. The monoisotopic (exact) mass is 252 g/mol. The first-order valence-corrected chi connectivity index (χ1v) is 7.71. The van der Waals surface area contributed by atoms with Gasteiger partial charge in [-0.25, -0.2) is 0 Å². The Morgan fingerprint density at radius 2 is 1.94 bits per heavy atom. The van der Waals surface area contributed by atoms with Gasteiger partial charge in [-0.2, -0.15) is 0 Å². The summed E-state index contributed by atoms with van der Waals surface area (Å²) >= 11 is 0. The molecule has 104 valence electrons. The van der Waals surface area contributed by atoms with Gasteiger partial charge >= 0.3 is 0 Å². The van der Waals surface area contributed by atoms with Crippen molar-refractivity contribution in [3.8, 4) is 0 Å². The molecule has 3 heteroatoms. The van der Waals surface area contributed by atoms with E-state index in [9.17, 15) is 4.79 Å². The first kappa shape index (κ1) is 13.9. The van der Waals surface area contributed by atoms with Crippen molar-refractivity contribution in [2.45, 2.75) is 51.9 Å². The molecule has 1 heterocycles. The van der Waals surface area contributed by atoms with E-state index in [0.717, 1.165) is 37.9 Å². The van der Waals surface area contributed by atoms with Crippen LogP contribution in [0.2, 0.25) is 0 Å². The largest absolute Gasteiger partial charge is 0.356 e. The molecule has 1 aliphatic heterocycles. The molecule has 0 aromatic carbocycles. The highest BCUT2D eigenvalue weighted by molar-refractivity contribution is 5.76. The van der Waals surface area contributed by atoms with Crippen LogP contribution in [0.15, 0.2) is 0 Å². The molecule has 18 heavy (non-hydrogen) atoms. The molecular weight excluding hydrogens is 224 g/mol. The van der Waals surface area contributed by atoms with Crippen LogP contribution in [-0.4, -0.2) is 25.5 Å². The molecule has 1 aliphatic carbocycles. The van der Waals surface area contributed by atoms with Crippen LogP contribution in [0, 0.1) is 17.8 Å². The highest BCUT2D eigenvalue weighted by Gasteiger charge is 2.19. The standard InChI is InChI=1S/C15H28N2O/c1-12-2-4-13(5-3-12)7-9-17-15(18)10-14-6-8-16-11-14/h12-14,16H,2-11H2,1H3,(H,17,18). The highest BCUT2D eigenvalue weighted by atomic mass is 16.1. The average Bonchev–Trinajstić information content (AvgIpc) is 2.84. The number of rotatable bonds is 5. The van der Waals surface area contributed by atoms with E-state index in [2.05, 4.69) is 17.6 Å². The summed E-state index contributed by atoms with van der Waals surface area (Å²) in [6.45, 7) is 5.35. The number of nitrogens with one attached hydrogen (secondary N) is 2. The second-order valence-corrected chi connectivity index (χ2v) is 6.33. The van der Waals surface area contributed by atoms with Crippen molar-refractivity contribution in [3.05, 3.63) is 0 Å². The molecule has 0 aromatic heterocycles. The van der Waals surface area contributed by atoms with Crippen molar-refractivity contribution in [3.63, 3.8) is 0 Å². The van der Waals surface area contributed by atoms with E-state index in [4.69, 9.17) is 0 Å². The van der Waals surface area contributed by atoms with E-state index in [-0.39, 0.29) is 5.91 Å². The predicted octanol–water partition coefficient (Wildman–Crippen LogP) is 2.32. The van der Waals surface area contributed by atoms with Crippen LogP contribution >= 0.6 is 0 Å². The summed E-state index contributed by atoms with van der Waals surface area (Å²) in [5, 5.41) is 6.41. The lowest BCUT2D eigenvalue weighted by Gasteiger charge is -2.26. The maximum atomic E-state index is 11.8. The molecule has 2 aliphatic rings. The summed E-state index contributed by atoms with van der Waals surface area (Å²) in [7, 11) is 0. The van der Waals surface area contributed by atoms with Crippen molar-refractivity contribution in [1.29, 1.82) is 0 Å². The van der Waals surface area contributed by atoms with E-state index in [1.807, 2.05) is 0 Å². The van der Waals surface area contributed by atoms with Crippen LogP contribution in [0.3, 0.4) is 0 Å². The maximum absolute atomic E-state index is 11.8. The zero-order valence-electron chi connectivity index (χ0n) is 11.7. The molecule has 1 unspecified atom stereocenters. The van der Waals surface area contributed by atoms with Crippen molar-refractivity contribution in [2.75, 3.05) is 19.6 Å². The lowest BCUT2D eigenvalue weighted by atomic mass is 9.81. The molecule has 0 bridgehead atoms. The quantitative estimate of drug-likeness (QED) is 0.788. The molecule has 2 N–H and O–H groups in total. The van der Waals surface area contributed by atoms with Crippen molar-refractivity contribution >= 4 is 5.91 Å². The summed E-state index contributed by atoms with van der Waals surface area (Å²) in [4.78, 5) is 11.8. The highest BCUT2D eigenvalue weighted by Crippen LogP contribution is 2.29. The summed E-state index contributed by atoms with van der Waals surface area (Å²) < 4.78 is 0. The number of hydrogen-bond acceptors (Lipinski definition) is 2. The van der Waals surface area contributed by atoms with Gasteiger partial charge in [-0.1, -0.05) is 32.6 Å². The van der Waals surface area contributed by atoms with Crippen LogP contribution in [-0.2, 0) is 4.79 Å². The van der Waals surface area contributed by atoms with Gasteiger partial charge in [0.15, 0.2) is 0 Å². The van der Waals surface area contributed by atoms with Crippen LogP contribution in [0.25, 0.3) is 0 Å². The minimum atomic E-state index is 0.257. The van der Waals surface area contributed by atoms with Gasteiger partial charge in [0.1, 0.15) is 0 Å². The zero-order valence-corrected chi connectivity index (χ0v) is 11.7. The van der Waals surface area contributed by atoms with Gasteiger partial charge in [0.25, 0.3) is 0 Å². The Balaban J connectivity index is 1.53. The SMILES string of the molecule is CC1CCC(CCNC(=O)CC2CCNC2)CC1. The molecule has 0 spiro atoms. The van der Waals surface area contributed by atoms with Gasteiger partial charge in [0.2, 0.25) is 5.91 Å². The fourth-order valence-electron chi connectivity index (χ4n) is 3.26. The number of hydrogen-bond donors (Lipinski definition) is 2. The van der Waals surface area contributed by atoms with Crippen molar-refractivity contribution in [2.24, 2.45) is 17.8 Å². The van der Waals surface area contributed by atoms with E-state index in [0.29, 0.717) is 12.3 Å². The van der Waals surface area contributed by atoms with Gasteiger partial charge in [0.05, 0.1) is 0 Å². The van der Waals surface area contributed by atoms with Gasteiger partial charge in [-0.05, 0) is 43.7 Å². The molecule has 2 rings (SSSR count). The van der Waals surface area contributed by atoms with Crippen LogP contribution in [0.5, 0.6) is 0 Å². The average molecular weight is 252 g/mol. The first-order chi connectivity index (χ1) is 8.74. The number of amides is 1. The Bertz CT molecular complexity index is 253. The molecule has 1 atom stereocenters. The summed E-state index contributed by atoms with van der Waals surface area (Å²) in [6, 6.07) is 0. The molecule has 0 aromatic rings. The summed E-state index contributed by atoms with van der Waals surface area (Å²) in [5.74, 6) is 2.61. The molecule has 1 saturated heterocycles. The topological polar surface area (TPSA) is 41.1 Å². The Morgan fingerprint density at radius 1 is 1.17 bits per heavy atom. The van der Waals surface area contributed by atoms with Gasteiger partial charge in [-0.15, -0.1) is 0 Å². The van der Waals surface area contributed by atoms with Gasteiger partial charge in [0, 0.05) is 13.0 Å². The second-order valence-electron chi connectivity index (χ2n) is 6.33. The Labute approximate surface area is 111 Å². The van der Waals surface area contributed by atoms with E-state index >= 15 is 0 Å². The third-order valence-electron chi connectivity index (χ3n) is 4.65. The zero-order chi connectivity index (χ0) is 12.8. The number of carbonyl (C=O) groups is 1. The van der Waals surface area contributed by atoms with Gasteiger partial charge in [-0.3, -0.25) is 4.79 Å². The Hall–Kier alpha value is -0.570. The van der Waals surface area contributed by atoms with Crippen molar-refractivity contribution < 1.29 is 4.79 Å². The molecule has 0 radical (unpaired) electrons. The smallest absolute Gasteiger partial charge is 0.220 e. The molecule has 1 saturated carbocycles. The minimum Gasteiger partial charge on any atom is -0.356 e. The third kappa shape index (κ3) is 4.60. The maximum Gasteiger partial charge on any atom is 0.220 e. The minimum absolute atomic E-state index is 0.257. The van der Waals surface area contributed by atoms with E-state index < -0.39 is 0 Å². The van der Waals surface area contributed by atoms with E-state index in [1.165, 1.54) is 32.1 Å². The van der Waals surface area contributed by atoms with Crippen molar-refractivity contribution in [1.82, 2.24) is 10.6 Å². The lowest BCUT2D eigenvalue weighted by Crippen LogP contribution is -2.28. The second kappa shape index (κ2) is 7.13. The Kier molecular flexibility index (Phi) is 5.48. The molecule has 3 nitrogen and oxygen atoms in total. The normalized spacial score (nSPS) is 32.4. The van der Waals surface area contributed by atoms with Crippen LogP contribution < -0.4 is 10.6 Å². The fourth-order valence-corrected chi connectivity index (χ4v) is 3.26. The summed E-state index contributed by atoms with van der Waals surface area (Å²) in [6.07, 6.45) is 8.55. The summed E-state index contributed by atoms with van der Waals surface area (Å²) in [5.41, 5.74) is 0. The number of carbonyl (C=O) groups excluding carboxylic acids is 1. The Morgan fingerprint density at radius 3 is 2.61 bits per heavy atom. The van der Waals surface area contributed by atoms with E-state index in [1.54, 1.807) is 0 Å². The lowest BCUT2D eigenvalue weighted by molar-refractivity contribution is -0.121. The van der Waals surface area contributed by atoms with Crippen LogP contribution in [0.1, 0.15) is 51.9 Å². The molecular formula is C15H28N2O. The third-order valence-corrected chi connectivity index (χ3v) is 4.65. The first-order valence-electron chi connectivity index (χ1n) is 7.71. The predicted molar refractivity (Wildman–Crippen MR) is 74.3 cm³/mol. The fraction of sp³-hybridized carbons (Fsp3) is 0.933. The molecule has 1 amide bonds. The van der Waals surface area contributed by atoms with Gasteiger partial charge < -0.3 is 10.6 Å². The van der Waals surface area contributed by atoms with Crippen LogP contribution in [0.4, 0.5) is 0 Å².